The van der Waals surface area contributed by atoms with Crippen molar-refractivity contribution in [1.29, 1.82) is 0 Å². The van der Waals surface area contributed by atoms with Crippen molar-refractivity contribution < 1.29 is 4.79 Å². The van der Waals surface area contributed by atoms with Crippen LogP contribution in [0.4, 0.5) is 0 Å². The molecule has 2 rings (SSSR count). The predicted octanol–water partition coefficient (Wildman–Crippen LogP) is 2.43. The summed E-state index contributed by atoms with van der Waals surface area (Å²) in [6.45, 7) is 6.00. The second kappa shape index (κ2) is 5.55. The van der Waals surface area contributed by atoms with Gasteiger partial charge in [-0.1, -0.05) is 40.4 Å². The van der Waals surface area contributed by atoms with Crippen LogP contribution in [0.3, 0.4) is 0 Å². The van der Waals surface area contributed by atoms with E-state index in [1.54, 1.807) is 6.08 Å². The van der Waals surface area contributed by atoms with Gasteiger partial charge in [-0.15, -0.1) is 11.7 Å². The topological polar surface area (TPSA) is 54.9 Å². The molecule has 1 aromatic carbocycles. The molecular formula is C13H13N3OS. The minimum Gasteiger partial charge on any atom is -0.347 e. The van der Waals surface area contributed by atoms with E-state index in [9.17, 15) is 4.79 Å². The number of benzene rings is 1. The molecule has 0 radical (unpaired) electrons. The lowest BCUT2D eigenvalue weighted by atomic mass is 10.1. The summed E-state index contributed by atoms with van der Waals surface area (Å²) in [5.41, 5.74) is 2.50. The first-order valence-electron chi connectivity index (χ1n) is 5.51. The van der Waals surface area contributed by atoms with Gasteiger partial charge >= 0.3 is 0 Å². The van der Waals surface area contributed by atoms with Crippen molar-refractivity contribution in [2.75, 3.05) is 6.54 Å². The van der Waals surface area contributed by atoms with Gasteiger partial charge in [-0.25, -0.2) is 0 Å². The largest absolute Gasteiger partial charge is 0.347 e. The number of hydrogen-bond donors (Lipinski definition) is 1. The van der Waals surface area contributed by atoms with Crippen molar-refractivity contribution in [3.8, 4) is 10.4 Å². The Labute approximate surface area is 110 Å². The van der Waals surface area contributed by atoms with Gasteiger partial charge in [0.1, 0.15) is 0 Å². The monoisotopic (exact) mass is 259 g/mol. The summed E-state index contributed by atoms with van der Waals surface area (Å²) in [5, 5.41) is 6.59. The average Bonchev–Trinajstić information content (AvgIpc) is 2.86. The number of nitrogens with one attached hydrogen (secondary N) is 1. The molecule has 18 heavy (non-hydrogen) atoms. The van der Waals surface area contributed by atoms with Gasteiger partial charge in [0, 0.05) is 6.54 Å². The van der Waals surface area contributed by atoms with E-state index in [0.717, 1.165) is 10.4 Å². The molecule has 0 fully saturated rings. The van der Waals surface area contributed by atoms with E-state index in [4.69, 9.17) is 0 Å². The maximum atomic E-state index is 11.9. The summed E-state index contributed by atoms with van der Waals surface area (Å²) in [6.07, 6.45) is 1.63. The van der Waals surface area contributed by atoms with E-state index in [-0.39, 0.29) is 5.91 Å². The van der Waals surface area contributed by atoms with E-state index < -0.39 is 0 Å². The Hall–Kier alpha value is -2.01. The van der Waals surface area contributed by atoms with E-state index in [0.29, 0.717) is 12.2 Å². The maximum Gasteiger partial charge on any atom is 0.273 e. The molecule has 1 N–H and O–H groups in total. The van der Waals surface area contributed by atoms with Crippen LogP contribution in [-0.2, 0) is 0 Å². The van der Waals surface area contributed by atoms with Crippen LogP contribution in [0.15, 0.2) is 36.9 Å². The van der Waals surface area contributed by atoms with Crippen LogP contribution in [0.1, 0.15) is 16.1 Å². The van der Waals surface area contributed by atoms with Crippen LogP contribution in [0.25, 0.3) is 10.4 Å². The van der Waals surface area contributed by atoms with Crippen LogP contribution in [-0.4, -0.2) is 22.0 Å². The van der Waals surface area contributed by atoms with Gasteiger partial charge < -0.3 is 5.32 Å². The summed E-state index contributed by atoms with van der Waals surface area (Å²) in [7, 11) is 0. The number of aromatic nitrogens is 2. The maximum absolute atomic E-state index is 11.9. The average molecular weight is 259 g/mol. The second-order valence-electron chi connectivity index (χ2n) is 3.82. The zero-order valence-electron chi connectivity index (χ0n) is 10.0. The van der Waals surface area contributed by atoms with Crippen molar-refractivity contribution in [2.24, 2.45) is 0 Å². The van der Waals surface area contributed by atoms with Crippen LogP contribution in [0.5, 0.6) is 0 Å². The fraction of sp³-hybridized carbons (Fsp3) is 0.154. The first-order valence-corrected chi connectivity index (χ1v) is 6.28. The van der Waals surface area contributed by atoms with Gasteiger partial charge in [0.25, 0.3) is 5.91 Å². The highest BCUT2D eigenvalue weighted by Gasteiger charge is 2.16. The minimum atomic E-state index is -0.223. The Morgan fingerprint density at radius 1 is 1.44 bits per heavy atom. The molecule has 1 amide bonds. The lowest BCUT2D eigenvalue weighted by molar-refractivity contribution is 0.0953. The Morgan fingerprint density at radius 3 is 2.83 bits per heavy atom. The van der Waals surface area contributed by atoms with Crippen molar-refractivity contribution in [2.45, 2.75) is 6.92 Å². The van der Waals surface area contributed by atoms with E-state index in [1.165, 1.54) is 17.1 Å². The zero-order chi connectivity index (χ0) is 13.0. The van der Waals surface area contributed by atoms with Crippen LogP contribution < -0.4 is 5.32 Å². The molecule has 92 valence electrons. The number of aryl methyl sites for hydroxylation is 1. The molecule has 2 aromatic rings. The van der Waals surface area contributed by atoms with E-state index >= 15 is 0 Å². The van der Waals surface area contributed by atoms with Crippen LogP contribution in [0.2, 0.25) is 0 Å². The highest BCUT2D eigenvalue weighted by molar-refractivity contribution is 7.09. The molecular weight excluding hydrogens is 246 g/mol. The van der Waals surface area contributed by atoms with Gasteiger partial charge in [-0.3, -0.25) is 4.79 Å². The van der Waals surface area contributed by atoms with Crippen LogP contribution in [0, 0.1) is 6.92 Å². The fourth-order valence-electron chi connectivity index (χ4n) is 1.48. The molecule has 0 bridgehead atoms. The number of nitrogens with zero attached hydrogens (tertiary/aromatic N) is 2. The lowest BCUT2D eigenvalue weighted by Crippen LogP contribution is -2.24. The zero-order valence-corrected chi connectivity index (χ0v) is 10.8. The third kappa shape index (κ3) is 2.62. The molecule has 5 heteroatoms. The number of hydrogen-bond acceptors (Lipinski definition) is 4. The normalized spacial score (nSPS) is 10.1. The van der Waals surface area contributed by atoms with Gasteiger partial charge in [0.05, 0.1) is 4.88 Å². The summed E-state index contributed by atoms with van der Waals surface area (Å²) in [6, 6.07) is 7.94. The number of amides is 1. The highest BCUT2D eigenvalue weighted by Crippen LogP contribution is 2.26. The Balaban J connectivity index is 2.29. The molecule has 1 heterocycles. The molecule has 0 atom stereocenters. The number of carbonyl (C=O) groups is 1. The minimum absolute atomic E-state index is 0.223. The summed E-state index contributed by atoms with van der Waals surface area (Å²) in [5.74, 6) is -0.223. The predicted molar refractivity (Wildman–Crippen MR) is 72.6 cm³/mol. The third-order valence-corrected chi connectivity index (χ3v) is 3.20. The summed E-state index contributed by atoms with van der Waals surface area (Å²) in [4.78, 5) is 12.7. The van der Waals surface area contributed by atoms with Crippen molar-refractivity contribution in [3.05, 3.63) is 48.2 Å². The molecule has 0 aliphatic carbocycles. The molecule has 0 aliphatic heterocycles. The molecule has 0 saturated carbocycles. The Kier molecular flexibility index (Phi) is 3.84. The quantitative estimate of drug-likeness (QED) is 0.858. The fourth-order valence-corrected chi connectivity index (χ4v) is 2.15. The third-order valence-electron chi connectivity index (χ3n) is 2.42. The molecule has 0 aliphatic rings. The lowest BCUT2D eigenvalue weighted by Gasteiger charge is -2.02. The highest BCUT2D eigenvalue weighted by atomic mass is 32.1. The smallest absolute Gasteiger partial charge is 0.273 e. The van der Waals surface area contributed by atoms with Crippen molar-refractivity contribution in [3.63, 3.8) is 0 Å². The standard InChI is InChI=1S/C13H13N3OS/c1-3-8-14-13(17)11-12(18-16-15-11)10-6-4-9(2)5-7-10/h3-7H,1,8H2,2H3,(H,14,17). The Morgan fingerprint density at radius 2 is 2.17 bits per heavy atom. The van der Waals surface area contributed by atoms with Crippen LogP contribution >= 0.6 is 11.5 Å². The number of carbonyl (C=O) groups excluding carboxylic acids is 1. The molecule has 0 saturated heterocycles. The molecule has 1 aromatic heterocycles. The SMILES string of the molecule is C=CCNC(=O)c1nnsc1-c1ccc(C)cc1. The van der Waals surface area contributed by atoms with Crippen molar-refractivity contribution in [1.82, 2.24) is 14.9 Å². The number of rotatable bonds is 4. The summed E-state index contributed by atoms with van der Waals surface area (Å²) >= 11 is 1.22. The Bertz CT molecular complexity index is 560. The van der Waals surface area contributed by atoms with Gasteiger partial charge in [-0.05, 0) is 24.0 Å². The first kappa shape index (κ1) is 12.4. The van der Waals surface area contributed by atoms with E-state index in [1.807, 2.05) is 31.2 Å². The molecule has 0 unspecified atom stereocenters. The van der Waals surface area contributed by atoms with Gasteiger partial charge in [0.15, 0.2) is 5.69 Å². The van der Waals surface area contributed by atoms with E-state index in [2.05, 4.69) is 21.5 Å². The molecule has 0 spiro atoms. The van der Waals surface area contributed by atoms with Gasteiger partial charge in [-0.2, -0.15) is 0 Å². The molecule has 4 nitrogen and oxygen atoms in total. The first-order chi connectivity index (χ1) is 8.72. The van der Waals surface area contributed by atoms with Gasteiger partial charge in [0.2, 0.25) is 0 Å². The summed E-state index contributed by atoms with van der Waals surface area (Å²) < 4.78 is 3.86. The second-order valence-corrected chi connectivity index (χ2v) is 4.57. The van der Waals surface area contributed by atoms with Crippen molar-refractivity contribution >= 4 is 17.4 Å².